The molecule has 0 atom stereocenters. The summed E-state index contributed by atoms with van der Waals surface area (Å²) in [4.78, 5) is 26.1. The van der Waals surface area contributed by atoms with Crippen LogP contribution in [0.2, 0.25) is 0 Å². The average molecular weight is 316 g/mol. The number of amides is 2. The lowest BCUT2D eigenvalue weighted by Crippen LogP contribution is -2.63. The summed E-state index contributed by atoms with van der Waals surface area (Å²) in [6.07, 6.45) is 0. The molecule has 1 aliphatic heterocycles. The van der Waals surface area contributed by atoms with Crippen molar-refractivity contribution in [2.45, 2.75) is 19.4 Å². The third kappa shape index (κ3) is 2.72. The molecule has 23 heavy (non-hydrogen) atoms. The minimum absolute atomic E-state index is 0.159. The number of rotatable bonds is 2. The second-order valence-corrected chi connectivity index (χ2v) is 5.94. The highest BCUT2D eigenvalue weighted by Gasteiger charge is 2.41. The van der Waals surface area contributed by atoms with Gasteiger partial charge in [-0.05, 0) is 50.2 Å². The van der Waals surface area contributed by atoms with E-state index in [1.165, 1.54) is 17.0 Å². The van der Waals surface area contributed by atoms with Crippen molar-refractivity contribution in [3.63, 3.8) is 0 Å². The Bertz CT molecular complexity index is 749. The summed E-state index contributed by atoms with van der Waals surface area (Å²) in [5, 5.41) is 2.75. The zero-order valence-corrected chi connectivity index (χ0v) is 12.9. The van der Waals surface area contributed by atoms with Crippen LogP contribution in [0.4, 0.5) is 4.39 Å². The van der Waals surface area contributed by atoms with Crippen molar-refractivity contribution in [3.05, 3.63) is 48.0 Å². The Hall–Kier alpha value is -2.63. The van der Waals surface area contributed by atoms with E-state index in [2.05, 4.69) is 5.32 Å². The largest absolute Gasteiger partial charge is 0.451 e. The molecule has 0 unspecified atom stereocenters. The maximum Gasteiger partial charge on any atom is 0.290 e. The van der Waals surface area contributed by atoms with Gasteiger partial charge in [0.2, 0.25) is 5.91 Å². The monoisotopic (exact) mass is 316 g/mol. The first-order valence-electron chi connectivity index (χ1n) is 7.35. The first kappa shape index (κ1) is 15.3. The van der Waals surface area contributed by atoms with Crippen molar-refractivity contribution in [3.8, 4) is 11.3 Å². The molecule has 2 amide bonds. The second kappa shape index (κ2) is 5.53. The highest BCUT2D eigenvalue weighted by Crippen LogP contribution is 2.26. The van der Waals surface area contributed by atoms with Crippen LogP contribution in [0.3, 0.4) is 0 Å². The fourth-order valence-corrected chi connectivity index (χ4v) is 2.61. The Morgan fingerprint density at radius 1 is 1.22 bits per heavy atom. The fraction of sp³-hybridized carbons (Fsp3) is 0.294. The van der Waals surface area contributed by atoms with Crippen molar-refractivity contribution in [1.29, 1.82) is 0 Å². The summed E-state index contributed by atoms with van der Waals surface area (Å²) < 4.78 is 18.6. The fourth-order valence-electron chi connectivity index (χ4n) is 2.61. The SMILES string of the molecule is CC1(C)C(=O)NCCN1C(=O)c1ccc(-c2ccc(F)cc2)o1. The van der Waals surface area contributed by atoms with Gasteiger partial charge in [-0.2, -0.15) is 0 Å². The van der Waals surface area contributed by atoms with Crippen molar-refractivity contribution in [2.75, 3.05) is 13.1 Å². The van der Waals surface area contributed by atoms with Gasteiger partial charge in [0.05, 0.1) is 0 Å². The predicted octanol–water partition coefficient (Wildman–Crippen LogP) is 2.44. The van der Waals surface area contributed by atoms with Gasteiger partial charge in [-0.1, -0.05) is 0 Å². The van der Waals surface area contributed by atoms with Crippen LogP contribution in [-0.4, -0.2) is 35.3 Å². The number of carbonyl (C=O) groups is 2. The molecule has 5 nitrogen and oxygen atoms in total. The molecule has 3 rings (SSSR count). The van der Waals surface area contributed by atoms with Crippen LogP contribution in [0.25, 0.3) is 11.3 Å². The van der Waals surface area contributed by atoms with Crippen LogP contribution in [-0.2, 0) is 4.79 Å². The Morgan fingerprint density at radius 2 is 1.91 bits per heavy atom. The lowest BCUT2D eigenvalue weighted by molar-refractivity contribution is -0.133. The molecule has 1 aromatic heterocycles. The van der Waals surface area contributed by atoms with Gasteiger partial charge in [0.25, 0.3) is 5.91 Å². The number of nitrogens with one attached hydrogen (secondary N) is 1. The number of benzene rings is 1. The van der Waals surface area contributed by atoms with E-state index in [0.29, 0.717) is 24.4 Å². The van der Waals surface area contributed by atoms with Gasteiger partial charge in [0.15, 0.2) is 5.76 Å². The Labute approximate surface area is 133 Å². The van der Waals surface area contributed by atoms with Gasteiger partial charge < -0.3 is 14.6 Å². The van der Waals surface area contributed by atoms with E-state index >= 15 is 0 Å². The number of hydrogen-bond acceptors (Lipinski definition) is 3. The molecule has 2 aromatic rings. The van der Waals surface area contributed by atoms with E-state index in [4.69, 9.17) is 4.42 Å². The quantitative estimate of drug-likeness (QED) is 0.925. The van der Waals surface area contributed by atoms with Gasteiger partial charge in [0.1, 0.15) is 17.1 Å². The number of halogens is 1. The normalized spacial score (nSPS) is 17.0. The van der Waals surface area contributed by atoms with Crippen molar-refractivity contribution >= 4 is 11.8 Å². The number of piperazine rings is 1. The molecule has 1 aromatic carbocycles. The maximum atomic E-state index is 13.0. The zero-order valence-electron chi connectivity index (χ0n) is 12.9. The molecular weight excluding hydrogens is 299 g/mol. The molecule has 120 valence electrons. The number of carbonyl (C=O) groups excluding carboxylic acids is 2. The third-order valence-electron chi connectivity index (χ3n) is 4.04. The van der Waals surface area contributed by atoms with Crippen molar-refractivity contribution in [2.24, 2.45) is 0 Å². The van der Waals surface area contributed by atoms with Gasteiger partial charge in [-0.15, -0.1) is 0 Å². The van der Waals surface area contributed by atoms with E-state index in [0.717, 1.165) is 0 Å². The van der Waals surface area contributed by atoms with Crippen LogP contribution >= 0.6 is 0 Å². The van der Waals surface area contributed by atoms with Gasteiger partial charge >= 0.3 is 0 Å². The predicted molar refractivity (Wildman–Crippen MR) is 82.2 cm³/mol. The summed E-state index contributed by atoms with van der Waals surface area (Å²) >= 11 is 0. The Morgan fingerprint density at radius 3 is 2.61 bits per heavy atom. The van der Waals surface area contributed by atoms with Crippen LogP contribution in [0.5, 0.6) is 0 Å². The number of furan rings is 1. The van der Waals surface area contributed by atoms with Gasteiger partial charge in [-0.25, -0.2) is 4.39 Å². The number of hydrogen-bond donors (Lipinski definition) is 1. The van der Waals surface area contributed by atoms with E-state index in [9.17, 15) is 14.0 Å². The molecule has 2 heterocycles. The summed E-state index contributed by atoms with van der Waals surface area (Å²) in [5.41, 5.74) is -0.251. The van der Waals surface area contributed by atoms with Gasteiger partial charge in [0, 0.05) is 18.7 Å². The van der Waals surface area contributed by atoms with E-state index in [1.807, 2.05) is 0 Å². The standard InChI is InChI=1S/C17H17FN2O3/c1-17(2)16(22)19-9-10-20(17)15(21)14-8-7-13(23-14)11-3-5-12(18)6-4-11/h3-8H,9-10H2,1-2H3,(H,19,22). The highest BCUT2D eigenvalue weighted by molar-refractivity contribution is 5.98. The molecule has 0 bridgehead atoms. The summed E-state index contributed by atoms with van der Waals surface area (Å²) in [6, 6.07) is 9.07. The molecule has 1 aliphatic rings. The van der Waals surface area contributed by atoms with E-state index in [-0.39, 0.29) is 23.4 Å². The smallest absolute Gasteiger partial charge is 0.290 e. The van der Waals surface area contributed by atoms with Crippen molar-refractivity contribution in [1.82, 2.24) is 10.2 Å². The average Bonchev–Trinajstić information content (AvgIpc) is 3.00. The third-order valence-corrected chi connectivity index (χ3v) is 4.04. The first-order chi connectivity index (χ1) is 10.9. The van der Waals surface area contributed by atoms with Crippen molar-refractivity contribution < 1.29 is 18.4 Å². The minimum atomic E-state index is -0.932. The Kier molecular flexibility index (Phi) is 3.67. The lowest BCUT2D eigenvalue weighted by Gasteiger charge is -2.40. The first-order valence-corrected chi connectivity index (χ1v) is 7.35. The van der Waals surface area contributed by atoms with Crippen LogP contribution in [0, 0.1) is 5.82 Å². The second-order valence-electron chi connectivity index (χ2n) is 5.94. The number of nitrogens with zero attached hydrogens (tertiary/aromatic N) is 1. The van der Waals surface area contributed by atoms with Crippen LogP contribution < -0.4 is 5.32 Å². The molecule has 0 radical (unpaired) electrons. The molecule has 1 N–H and O–H groups in total. The summed E-state index contributed by atoms with van der Waals surface area (Å²) in [6.45, 7) is 4.23. The zero-order chi connectivity index (χ0) is 16.6. The maximum absolute atomic E-state index is 13.0. The summed E-state index contributed by atoms with van der Waals surface area (Å²) in [5.74, 6) is -0.224. The van der Waals surface area contributed by atoms with E-state index < -0.39 is 5.54 Å². The van der Waals surface area contributed by atoms with Crippen LogP contribution in [0.1, 0.15) is 24.4 Å². The molecular formula is C17H17FN2O3. The lowest BCUT2D eigenvalue weighted by atomic mass is 9.98. The topological polar surface area (TPSA) is 62.6 Å². The van der Waals surface area contributed by atoms with E-state index in [1.54, 1.807) is 38.1 Å². The highest BCUT2D eigenvalue weighted by atomic mass is 19.1. The Balaban J connectivity index is 1.86. The molecule has 0 spiro atoms. The summed E-state index contributed by atoms with van der Waals surface area (Å²) in [7, 11) is 0. The molecule has 0 aliphatic carbocycles. The van der Waals surface area contributed by atoms with Crippen LogP contribution in [0.15, 0.2) is 40.8 Å². The molecule has 1 fully saturated rings. The molecule has 1 saturated heterocycles. The molecule has 0 saturated carbocycles. The minimum Gasteiger partial charge on any atom is -0.451 e. The molecule has 6 heteroatoms. The van der Waals surface area contributed by atoms with Gasteiger partial charge in [-0.3, -0.25) is 9.59 Å².